The Balaban J connectivity index is 0. The first-order valence-electron chi connectivity index (χ1n) is 9.43. The molecule has 0 bridgehead atoms. The molecule has 0 aromatic heterocycles. The van der Waals surface area contributed by atoms with Gasteiger partial charge in [-0.15, -0.1) is 0 Å². The van der Waals surface area contributed by atoms with Gasteiger partial charge in [-0.3, -0.25) is 0 Å². The molecule has 0 aliphatic carbocycles. The Hall–Kier alpha value is -4.11. The first-order chi connectivity index (χ1) is 16.4. The van der Waals surface area contributed by atoms with E-state index in [0.29, 0.717) is 0 Å². The van der Waals surface area contributed by atoms with Gasteiger partial charge in [0.1, 0.15) is 0 Å². The van der Waals surface area contributed by atoms with Crippen LogP contribution in [-0.4, -0.2) is 13.6 Å². The van der Waals surface area contributed by atoms with Crippen LogP contribution in [0.2, 0.25) is 0 Å². The van der Waals surface area contributed by atoms with E-state index in [4.69, 9.17) is 47.3 Å². The Labute approximate surface area is 215 Å². The van der Waals surface area contributed by atoms with Gasteiger partial charge in [-0.2, -0.15) is 0 Å². The van der Waals surface area contributed by atoms with Crippen molar-refractivity contribution >= 4 is 31.0 Å². The molecular formula is C28H20AsN4Ni-3. The summed E-state index contributed by atoms with van der Waals surface area (Å²) in [7, 11) is 0. The molecule has 0 fully saturated rings. The normalized spacial score (nSPS) is 8.47. The minimum absolute atomic E-state index is 0. The first-order valence-corrected chi connectivity index (χ1v) is 13.2. The van der Waals surface area contributed by atoms with Crippen molar-refractivity contribution in [3.63, 3.8) is 0 Å². The molecule has 0 aliphatic rings. The Kier molecular flexibility index (Phi) is 18.5. The topological polar surface area (TPSA) is 95.2 Å². The average molecular weight is 546 g/mol. The van der Waals surface area contributed by atoms with Crippen LogP contribution in [0.25, 0.3) is 0 Å². The summed E-state index contributed by atoms with van der Waals surface area (Å²) in [6.45, 7) is 19.0. The van der Waals surface area contributed by atoms with Crippen molar-refractivity contribution in [2.75, 3.05) is 0 Å². The Morgan fingerprint density at radius 1 is 0.324 bits per heavy atom. The van der Waals surface area contributed by atoms with Gasteiger partial charge in [-0.25, -0.2) is 0 Å². The van der Waals surface area contributed by atoms with Crippen LogP contribution >= 0.6 is 0 Å². The van der Waals surface area contributed by atoms with Crippen LogP contribution < -0.4 is 17.4 Å². The quantitative estimate of drug-likeness (QED) is 0.290. The predicted octanol–water partition coefficient (Wildman–Crippen LogP) is 3.45. The molecule has 4 aromatic carbocycles. The van der Waals surface area contributed by atoms with Crippen LogP contribution in [0.3, 0.4) is 0 Å². The summed E-state index contributed by atoms with van der Waals surface area (Å²) in [4.78, 5) is 0. The summed E-state index contributed by atoms with van der Waals surface area (Å²) in [5.41, 5.74) is 0. The maximum absolute atomic E-state index is 6.25. The third-order valence-electron chi connectivity index (χ3n) is 4.57. The van der Waals surface area contributed by atoms with Gasteiger partial charge in [0.2, 0.25) is 0 Å². The summed E-state index contributed by atoms with van der Waals surface area (Å²) >= 11 is -2.77. The van der Waals surface area contributed by atoms with Gasteiger partial charge in [0.05, 0.1) is 0 Å². The second-order valence-corrected chi connectivity index (χ2v) is 13.2. The van der Waals surface area contributed by atoms with Gasteiger partial charge in [0, 0.05) is 16.5 Å². The van der Waals surface area contributed by atoms with Crippen LogP contribution in [0.1, 0.15) is 0 Å². The third kappa shape index (κ3) is 7.49. The molecule has 170 valence electrons. The number of benzene rings is 4. The molecule has 0 N–H and O–H groups in total. The van der Waals surface area contributed by atoms with E-state index in [1.54, 1.807) is 0 Å². The van der Waals surface area contributed by atoms with E-state index in [1.165, 1.54) is 17.4 Å². The molecule has 4 aromatic rings. The van der Waals surface area contributed by atoms with Crippen molar-refractivity contribution < 1.29 is 16.5 Å². The zero-order valence-electron chi connectivity index (χ0n) is 18.1. The van der Waals surface area contributed by atoms with E-state index in [-0.39, 0.29) is 16.5 Å². The Bertz CT molecular complexity index is 924. The van der Waals surface area contributed by atoms with Crippen LogP contribution in [0.15, 0.2) is 121 Å². The van der Waals surface area contributed by atoms with Crippen molar-refractivity contribution in [1.82, 2.24) is 0 Å². The van der Waals surface area contributed by atoms with Crippen LogP contribution in [0, 0.1) is 47.3 Å². The molecule has 0 unspecified atom stereocenters. The molecule has 4 nitrogen and oxygen atoms in total. The molecular weight excluding hydrogens is 526 g/mol. The summed E-state index contributed by atoms with van der Waals surface area (Å²) < 4.78 is 5.79. The maximum atomic E-state index is 6.25. The molecule has 0 saturated carbocycles. The fourth-order valence-corrected chi connectivity index (χ4v) is 12.5. The van der Waals surface area contributed by atoms with Gasteiger partial charge >= 0.3 is 152 Å². The fraction of sp³-hybridized carbons (Fsp3) is 0. The van der Waals surface area contributed by atoms with Crippen molar-refractivity contribution in [2.24, 2.45) is 0 Å². The van der Waals surface area contributed by atoms with Crippen LogP contribution in [0.4, 0.5) is 0 Å². The van der Waals surface area contributed by atoms with E-state index in [1.807, 2.05) is 0 Å². The van der Waals surface area contributed by atoms with E-state index in [0.717, 1.165) is 0 Å². The third-order valence-corrected chi connectivity index (χ3v) is 13.6. The summed E-state index contributed by atoms with van der Waals surface area (Å²) in [5.74, 6) is 0. The van der Waals surface area contributed by atoms with Gasteiger partial charge in [-0.1, -0.05) is 0 Å². The second-order valence-electron chi connectivity index (χ2n) is 6.01. The van der Waals surface area contributed by atoms with Crippen molar-refractivity contribution in [3.8, 4) is 0 Å². The molecule has 0 amide bonds. The predicted molar refractivity (Wildman–Crippen MR) is 130 cm³/mol. The number of rotatable bonds is 4. The molecule has 34 heavy (non-hydrogen) atoms. The fourth-order valence-electron chi connectivity index (χ4n) is 3.50. The zero-order chi connectivity index (χ0) is 25.0. The summed E-state index contributed by atoms with van der Waals surface area (Å²) in [6, 6.07) is 44.2. The molecule has 6 heteroatoms. The number of hydrogen-bond acceptors (Lipinski definition) is 4. The molecule has 4 rings (SSSR count). The summed E-state index contributed by atoms with van der Waals surface area (Å²) in [6.07, 6.45) is 0. The van der Waals surface area contributed by atoms with Crippen LogP contribution in [0.5, 0.6) is 0 Å². The second kappa shape index (κ2) is 19.6. The molecule has 0 atom stereocenters. The van der Waals surface area contributed by atoms with Gasteiger partial charge in [0.25, 0.3) is 0 Å². The Morgan fingerprint density at radius 3 is 0.618 bits per heavy atom. The molecule has 0 spiro atoms. The van der Waals surface area contributed by atoms with E-state index >= 15 is 0 Å². The van der Waals surface area contributed by atoms with Gasteiger partial charge in [0.15, 0.2) is 0 Å². The standard InChI is InChI=1S/C24H20As.4CN.Ni/c1-5-13-21(14-6-1)25(22-15-7-2-8-16-22,23-17-9-3-10-18-23)24-19-11-4-12-20-24;4*1-2;/h1-20H;;;;;/q+1;4*-1;. The van der Waals surface area contributed by atoms with E-state index in [9.17, 15) is 0 Å². The SMILES string of the molecule is [C-]#N.[C-]#N.[C-]#N.[C-]#N.[Ni].c1ccc([As+](c2ccccc2)(c2ccccc2)c2ccccc2)cc1. The monoisotopic (exact) mass is 545 g/mol. The van der Waals surface area contributed by atoms with E-state index < -0.39 is 13.6 Å². The first kappa shape index (κ1) is 32.1. The van der Waals surface area contributed by atoms with E-state index in [2.05, 4.69) is 121 Å². The van der Waals surface area contributed by atoms with Gasteiger partial charge in [-0.05, 0) is 0 Å². The number of nitrogens with zero attached hydrogens (tertiary/aromatic N) is 4. The van der Waals surface area contributed by atoms with Crippen molar-refractivity contribution in [2.45, 2.75) is 0 Å². The minimum atomic E-state index is -2.77. The number of hydrogen-bond donors (Lipinski definition) is 0. The zero-order valence-corrected chi connectivity index (χ0v) is 21.0. The van der Waals surface area contributed by atoms with Crippen molar-refractivity contribution in [1.29, 1.82) is 21.0 Å². The molecule has 0 radical (unpaired) electrons. The molecule has 0 heterocycles. The average Bonchev–Trinajstić information content (AvgIpc) is 2.96. The van der Waals surface area contributed by atoms with Gasteiger partial charge < -0.3 is 47.3 Å². The molecule has 0 saturated heterocycles. The van der Waals surface area contributed by atoms with Crippen LogP contribution in [-0.2, 0) is 16.5 Å². The summed E-state index contributed by atoms with van der Waals surface area (Å²) in [5, 5.41) is 25.0. The Morgan fingerprint density at radius 2 is 0.471 bits per heavy atom. The van der Waals surface area contributed by atoms with Crippen molar-refractivity contribution in [3.05, 3.63) is 148 Å². The molecule has 0 aliphatic heterocycles.